The molecule has 0 saturated heterocycles. The number of carbonyl (C=O) groups excluding carboxylic acids is 1. The number of rotatable bonds is 3. The van der Waals surface area contributed by atoms with E-state index >= 15 is 0 Å². The Morgan fingerprint density at radius 3 is 2.62 bits per heavy atom. The number of aryl methyl sites for hydroxylation is 1. The van der Waals surface area contributed by atoms with E-state index in [1.165, 1.54) is 18.3 Å². The molecular formula is C14H12F3N3O. The quantitative estimate of drug-likeness (QED) is 0.946. The van der Waals surface area contributed by atoms with E-state index in [-0.39, 0.29) is 17.1 Å². The topological polar surface area (TPSA) is 68.9 Å². The highest BCUT2D eigenvalue weighted by Gasteiger charge is 2.30. The van der Waals surface area contributed by atoms with Crippen LogP contribution in [-0.4, -0.2) is 15.9 Å². The summed E-state index contributed by atoms with van der Waals surface area (Å²) in [6.07, 6.45) is -2.55. The van der Waals surface area contributed by atoms with Crippen LogP contribution in [0, 0.1) is 0 Å². The normalized spacial score (nSPS) is 11.4. The number of primary amides is 1. The standard InChI is InChI=1S/C14H12F3N3O/c1-2-8-7-19-13(20-11(8)12(18)21)9-4-3-5-10(6-9)14(15,16)17/h3-7H,2H2,1H3,(H2,18,21). The van der Waals surface area contributed by atoms with Crippen molar-refractivity contribution in [3.05, 3.63) is 47.3 Å². The van der Waals surface area contributed by atoms with Gasteiger partial charge in [-0.3, -0.25) is 4.79 Å². The Hall–Kier alpha value is -2.44. The minimum atomic E-state index is -4.45. The summed E-state index contributed by atoms with van der Waals surface area (Å²) in [5, 5.41) is 0. The molecular weight excluding hydrogens is 283 g/mol. The van der Waals surface area contributed by atoms with Crippen molar-refractivity contribution >= 4 is 5.91 Å². The van der Waals surface area contributed by atoms with Gasteiger partial charge in [-0.05, 0) is 18.6 Å². The number of aromatic nitrogens is 2. The monoisotopic (exact) mass is 295 g/mol. The molecule has 0 aliphatic heterocycles. The maximum absolute atomic E-state index is 12.7. The number of amides is 1. The highest BCUT2D eigenvalue weighted by Crippen LogP contribution is 2.31. The Balaban J connectivity index is 2.52. The first kappa shape index (κ1) is 15.0. The highest BCUT2D eigenvalue weighted by molar-refractivity contribution is 5.92. The van der Waals surface area contributed by atoms with Crippen molar-refractivity contribution in [2.75, 3.05) is 0 Å². The van der Waals surface area contributed by atoms with Crippen LogP contribution in [0.3, 0.4) is 0 Å². The first-order chi connectivity index (χ1) is 9.82. The van der Waals surface area contributed by atoms with Crippen molar-refractivity contribution in [2.24, 2.45) is 5.73 Å². The van der Waals surface area contributed by atoms with Crippen LogP contribution < -0.4 is 5.73 Å². The van der Waals surface area contributed by atoms with Crippen LogP contribution in [0.1, 0.15) is 28.5 Å². The largest absolute Gasteiger partial charge is 0.416 e. The summed E-state index contributed by atoms with van der Waals surface area (Å²) in [7, 11) is 0. The van der Waals surface area contributed by atoms with Gasteiger partial charge >= 0.3 is 6.18 Å². The van der Waals surface area contributed by atoms with Crippen LogP contribution in [-0.2, 0) is 12.6 Å². The summed E-state index contributed by atoms with van der Waals surface area (Å²) < 4.78 is 38.1. The molecule has 0 aliphatic rings. The first-order valence-corrected chi connectivity index (χ1v) is 6.16. The Morgan fingerprint density at radius 1 is 1.33 bits per heavy atom. The number of carbonyl (C=O) groups is 1. The van der Waals surface area contributed by atoms with Gasteiger partial charge in [0.15, 0.2) is 5.82 Å². The molecule has 4 nitrogen and oxygen atoms in total. The molecule has 2 N–H and O–H groups in total. The van der Waals surface area contributed by atoms with E-state index in [2.05, 4.69) is 9.97 Å². The fourth-order valence-corrected chi connectivity index (χ4v) is 1.85. The van der Waals surface area contributed by atoms with Crippen LogP contribution in [0.2, 0.25) is 0 Å². The molecule has 0 saturated carbocycles. The zero-order valence-corrected chi connectivity index (χ0v) is 11.1. The van der Waals surface area contributed by atoms with Gasteiger partial charge in [0.2, 0.25) is 0 Å². The second-order valence-corrected chi connectivity index (χ2v) is 4.36. The first-order valence-electron chi connectivity index (χ1n) is 6.16. The molecule has 0 fully saturated rings. The summed E-state index contributed by atoms with van der Waals surface area (Å²) in [5.41, 5.74) is 5.18. The van der Waals surface area contributed by atoms with Crippen LogP contribution in [0.25, 0.3) is 11.4 Å². The molecule has 0 atom stereocenters. The Labute approximate surface area is 118 Å². The fraction of sp³-hybridized carbons (Fsp3) is 0.214. The molecule has 1 heterocycles. The molecule has 21 heavy (non-hydrogen) atoms. The molecule has 1 aromatic carbocycles. The van der Waals surface area contributed by atoms with Crippen LogP contribution in [0.5, 0.6) is 0 Å². The molecule has 0 aliphatic carbocycles. The Kier molecular flexibility index (Phi) is 3.93. The van der Waals surface area contributed by atoms with Crippen molar-refractivity contribution in [2.45, 2.75) is 19.5 Å². The molecule has 1 aromatic heterocycles. The van der Waals surface area contributed by atoms with Gasteiger partial charge in [-0.1, -0.05) is 19.1 Å². The summed E-state index contributed by atoms with van der Waals surface area (Å²) in [5.74, 6) is -0.699. The number of benzene rings is 1. The lowest BCUT2D eigenvalue weighted by Crippen LogP contribution is -2.17. The van der Waals surface area contributed by atoms with Gasteiger partial charge in [0.1, 0.15) is 5.69 Å². The molecule has 0 spiro atoms. The minimum Gasteiger partial charge on any atom is -0.364 e. The third-order valence-corrected chi connectivity index (χ3v) is 2.93. The van der Waals surface area contributed by atoms with E-state index < -0.39 is 17.6 Å². The van der Waals surface area contributed by atoms with E-state index in [1.54, 1.807) is 6.92 Å². The number of alkyl halides is 3. The van der Waals surface area contributed by atoms with E-state index in [9.17, 15) is 18.0 Å². The molecule has 0 bridgehead atoms. The third-order valence-electron chi connectivity index (χ3n) is 2.93. The van der Waals surface area contributed by atoms with Crippen LogP contribution >= 0.6 is 0 Å². The van der Waals surface area contributed by atoms with Gasteiger partial charge < -0.3 is 5.73 Å². The second kappa shape index (κ2) is 5.51. The molecule has 0 unspecified atom stereocenters. The van der Waals surface area contributed by atoms with Crippen molar-refractivity contribution in [1.82, 2.24) is 9.97 Å². The van der Waals surface area contributed by atoms with Crippen molar-refractivity contribution < 1.29 is 18.0 Å². The van der Waals surface area contributed by atoms with Gasteiger partial charge in [-0.15, -0.1) is 0 Å². The summed E-state index contributed by atoms with van der Waals surface area (Å²) in [6.45, 7) is 1.80. The van der Waals surface area contributed by atoms with E-state index in [1.807, 2.05) is 0 Å². The van der Waals surface area contributed by atoms with Crippen molar-refractivity contribution in [3.63, 3.8) is 0 Å². The van der Waals surface area contributed by atoms with Gasteiger partial charge in [0.05, 0.1) is 5.56 Å². The maximum Gasteiger partial charge on any atom is 0.416 e. The van der Waals surface area contributed by atoms with Gasteiger partial charge in [0, 0.05) is 17.3 Å². The Morgan fingerprint density at radius 2 is 2.05 bits per heavy atom. The predicted molar refractivity (Wildman–Crippen MR) is 70.4 cm³/mol. The van der Waals surface area contributed by atoms with E-state index in [4.69, 9.17) is 5.73 Å². The van der Waals surface area contributed by atoms with Gasteiger partial charge in [0.25, 0.3) is 5.91 Å². The van der Waals surface area contributed by atoms with Crippen LogP contribution in [0.15, 0.2) is 30.5 Å². The SMILES string of the molecule is CCc1cnc(-c2cccc(C(F)(F)F)c2)nc1C(N)=O. The molecule has 2 aromatic rings. The number of hydrogen-bond donors (Lipinski definition) is 1. The molecule has 110 valence electrons. The van der Waals surface area contributed by atoms with Gasteiger partial charge in [-0.2, -0.15) is 13.2 Å². The second-order valence-electron chi connectivity index (χ2n) is 4.36. The highest BCUT2D eigenvalue weighted by atomic mass is 19.4. The smallest absolute Gasteiger partial charge is 0.364 e. The lowest BCUT2D eigenvalue weighted by atomic mass is 10.1. The maximum atomic E-state index is 12.7. The number of hydrogen-bond acceptors (Lipinski definition) is 3. The summed E-state index contributed by atoms with van der Waals surface area (Å²) in [4.78, 5) is 19.3. The van der Waals surface area contributed by atoms with Gasteiger partial charge in [-0.25, -0.2) is 9.97 Å². The predicted octanol–water partition coefficient (Wildman–Crippen LogP) is 2.82. The molecule has 0 radical (unpaired) electrons. The van der Waals surface area contributed by atoms with E-state index in [0.29, 0.717) is 12.0 Å². The lowest BCUT2D eigenvalue weighted by molar-refractivity contribution is -0.137. The average Bonchev–Trinajstić information content (AvgIpc) is 2.45. The molecule has 7 heteroatoms. The summed E-state index contributed by atoms with van der Waals surface area (Å²) in [6, 6.07) is 4.60. The van der Waals surface area contributed by atoms with E-state index in [0.717, 1.165) is 12.1 Å². The van der Waals surface area contributed by atoms with Crippen molar-refractivity contribution in [1.29, 1.82) is 0 Å². The number of nitrogens with two attached hydrogens (primary N) is 1. The fourth-order valence-electron chi connectivity index (χ4n) is 1.85. The Bertz CT molecular complexity index is 683. The number of nitrogens with zero attached hydrogens (tertiary/aromatic N) is 2. The third kappa shape index (κ3) is 3.18. The zero-order chi connectivity index (χ0) is 15.6. The molecule has 1 amide bonds. The summed E-state index contributed by atoms with van der Waals surface area (Å²) >= 11 is 0. The molecule has 2 rings (SSSR count). The number of halogens is 3. The van der Waals surface area contributed by atoms with Crippen LogP contribution in [0.4, 0.5) is 13.2 Å². The average molecular weight is 295 g/mol. The zero-order valence-electron chi connectivity index (χ0n) is 11.1. The lowest BCUT2D eigenvalue weighted by Gasteiger charge is -2.09. The van der Waals surface area contributed by atoms with Crippen molar-refractivity contribution in [3.8, 4) is 11.4 Å². The minimum absolute atomic E-state index is 0.0277.